The summed E-state index contributed by atoms with van der Waals surface area (Å²) in [6.45, 7) is 0.141. The Morgan fingerprint density at radius 2 is 2.16 bits per heavy atom. The molecule has 0 aliphatic rings. The molecule has 2 aromatic heterocycles. The topological polar surface area (TPSA) is 94.4 Å². The van der Waals surface area contributed by atoms with Crippen molar-refractivity contribution in [1.82, 2.24) is 15.2 Å². The van der Waals surface area contributed by atoms with Gasteiger partial charge in [-0.15, -0.1) is 21.5 Å². The van der Waals surface area contributed by atoms with Gasteiger partial charge >= 0.3 is 5.97 Å². The zero-order valence-corrected chi connectivity index (χ0v) is 11.1. The quantitative estimate of drug-likeness (QED) is 0.886. The fourth-order valence-corrected chi connectivity index (χ4v) is 2.28. The highest BCUT2D eigenvalue weighted by molar-refractivity contribution is 7.17. The van der Waals surface area contributed by atoms with Gasteiger partial charge in [0.2, 0.25) is 5.88 Å². The van der Waals surface area contributed by atoms with Crippen molar-refractivity contribution in [2.75, 3.05) is 14.2 Å². The van der Waals surface area contributed by atoms with E-state index in [9.17, 15) is 4.79 Å². The van der Waals surface area contributed by atoms with Gasteiger partial charge in [0.25, 0.3) is 0 Å². The van der Waals surface area contributed by atoms with Gasteiger partial charge in [0.1, 0.15) is 15.6 Å². The molecule has 0 atom stereocenters. The number of carboxylic acids is 1. The van der Waals surface area contributed by atoms with Crippen molar-refractivity contribution >= 4 is 17.3 Å². The largest absolute Gasteiger partial charge is 0.480 e. The number of hydrogen-bond donors (Lipinski definition) is 1. The van der Waals surface area contributed by atoms with E-state index in [0.29, 0.717) is 22.3 Å². The van der Waals surface area contributed by atoms with Crippen LogP contribution in [0.25, 0.3) is 10.7 Å². The van der Waals surface area contributed by atoms with Gasteiger partial charge in [0, 0.05) is 13.2 Å². The standard InChI is InChI=1S/C11H11N3O4S/c1-17-5-7-9(11(15)16)19-10(12-7)6-3-4-8(18-2)14-13-6/h3-4H,5H2,1-2H3,(H,15,16). The number of rotatable bonds is 5. The van der Waals surface area contributed by atoms with Gasteiger partial charge in [0.15, 0.2) is 0 Å². The molecule has 7 nitrogen and oxygen atoms in total. The van der Waals surface area contributed by atoms with Crippen LogP contribution in [0.5, 0.6) is 5.88 Å². The molecule has 0 radical (unpaired) electrons. The molecule has 19 heavy (non-hydrogen) atoms. The molecule has 0 saturated carbocycles. The van der Waals surface area contributed by atoms with Crippen molar-refractivity contribution in [3.05, 3.63) is 22.7 Å². The second-order valence-electron chi connectivity index (χ2n) is 3.49. The Morgan fingerprint density at radius 3 is 2.68 bits per heavy atom. The molecule has 2 heterocycles. The summed E-state index contributed by atoms with van der Waals surface area (Å²) in [6.07, 6.45) is 0. The lowest BCUT2D eigenvalue weighted by Gasteiger charge is -1.97. The molecule has 0 saturated heterocycles. The lowest BCUT2D eigenvalue weighted by molar-refractivity contribution is 0.0697. The van der Waals surface area contributed by atoms with E-state index < -0.39 is 5.97 Å². The third kappa shape index (κ3) is 2.85. The van der Waals surface area contributed by atoms with Crippen LogP contribution in [0.15, 0.2) is 12.1 Å². The minimum absolute atomic E-state index is 0.141. The Bertz CT molecular complexity index is 582. The lowest BCUT2D eigenvalue weighted by atomic mass is 10.3. The average molecular weight is 281 g/mol. The smallest absolute Gasteiger partial charge is 0.347 e. The van der Waals surface area contributed by atoms with E-state index in [4.69, 9.17) is 14.6 Å². The van der Waals surface area contributed by atoms with Crippen LogP contribution in [0, 0.1) is 0 Å². The van der Waals surface area contributed by atoms with E-state index in [1.807, 2.05) is 0 Å². The first-order chi connectivity index (χ1) is 9.15. The molecule has 0 amide bonds. The predicted octanol–water partition coefficient (Wildman–Crippen LogP) is 1.45. The summed E-state index contributed by atoms with van der Waals surface area (Å²) < 4.78 is 9.84. The number of aromatic carboxylic acids is 1. The fraction of sp³-hybridized carbons (Fsp3) is 0.273. The van der Waals surface area contributed by atoms with Crippen molar-refractivity contribution in [1.29, 1.82) is 0 Å². The van der Waals surface area contributed by atoms with Crippen LogP contribution in [-0.2, 0) is 11.3 Å². The van der Waals surface area contributed by atoms with Crippen molar-refractivity contribution < 1.29 is 19.4 Å². The van der Waals surface area contributed by atoms with E-state index in [0.717, 1.165) is 11.3 Å². The van der Waals surface area contributed by atoms with Gasteiger partial charge in [-0.3, -0.25) is 0 Å². The van der Waals surface area contributed by atoms with Crippen molar-refractivity contribution in [2.45, 2.75) is 6.61 Å². The van der Waals surface area contributed by atoms with Crippen LogP contribution in [0.1, 0.15) is 15.4 Å². The third-order valence-electron chi connectivity index (χ3n) is 2.24. The van der Waals surface area contributed by atoms with E-state index in [1.54, 1.807) is 12.1 Å². The molecule has 1 N–H and O–H groups in total. The van der Waals surface area contributed by atoms with E-state index >= 15 is 0 Å². The minimum atomic E-state index is -1.03. The molecule has 0 aromatic carbocycles. The highest BCUT2D eigenvalue weighted by Gasteiger charge is 2.18. The molecule has 0 unspecified atom stereocenters. The highest BCUT2D eigenvalue weighted by atomic mass is 32.1. The Kier molecular flexibility index (Phi) is 4.03. The fourth-order valence-electron chi connectivity index (χ4n) is 1.41. The average Bonchev–Trinajstić information content (AvgIpc) is 2.83. The van der Waals surface area contributed by atoms with Crippen LogP contribution in [0.2, 0.25) is 0 Å². The lowest BCUT2D eigenvalue weighted by Crippen LogP contribution is -1.99. The number of ether oxygens (including phenoxy) is 2. The van der Waals surface area contributed by atoms with E-state index in [2.05, 4.69) is 15.2 Å². The van der Waals surface area contributed by atoms with Crippen LogP contribution in [0.3, 0.4) is 0 Å². The number of nitrogens with zero attached hydrogens (tertiary/aromatic N) is 3. The molecule has 0 aliphatic heterocycles. The first-order valence-corrected chi connectivity index (χ1v) is 6.07. The first-order valence-electron chi connectivity index (χ1n) is 5.25. The molecule has 0 bridgehead atoms. The monoisotopic (exact) mass is 281 g/mol. The number of carboxylic acid groups (broad SMARTS) is 1. The van der Waals surface area contributed by atoms with Gasteiger partial charge in [-0.1, -0.05) is 0 Å². The van der Waals surface area contributed by atoms with Crippen molar-refractivity contribution in [3.8, 4) is 16.6 Å². The van der Waals surface area contributed by atoms with Gasteiger partial charge in [0.05, 0.1) is 19.4 Å². The summed E-state index contributed by atoms with van der Waals surface area (Å²) in [7, 11) is 2.98. The molecule has 100 valence electrons. The van der Waals surface area contributed by atoms with Crippen LogP contribution in [0.4, 0.5) is 0 Å². The molecular formula is C11H11N3O4S. The molecule has 8 heteroatoms. The van der Waals surface area contributed by atoms with Crippen LogP contribution >= 0.6 is 11.3 Å². The Labute approximate surface area is 112 Å². The highest BCUT2D eigenvalue weighted by Crippen LogP contribution is 2.27. The molecule has 2 rings (SSSR count). The normalized spacial score (nSPS) is 10.4. The first kappa shape index (κ1) is 13.4. The summed E-state index contributed by atoms with van der Waals surface area (Å²) >= 11 is 1.04. The van der Waals surface area contributed by atoms with Gasteiger partial charge in [-0.05, 0) is 6.07 Å². The van der Waals surface area contributed by atoms with Gasteiger partial charge < -0.3 is 14.6 Å². The number of methoxy groups -OCH3 is 2. The Hall–Kier alpha value is -2.06. The predicted molar refractivity (Wildman–Crippen MR) is 67.4 cm³/mol. The number of aromatic nitrogens is 3. The second-order valence-corrected chi connectivity index (χ2v) is 4.49. The molecular weight excluding hydrogens is 270 g/mol. The molecule has 2 aromatic rings. The summed E-state index contributed by atoms with van der Waals surface area (Å²) in [4.78, 5) is 15.5. The van der Waals surface area contributed by atoms with Crippen molar-refractivity contribution in [2.24, 2.45) is 0 Å². The minimum Gasteiger partial charge on any atom is -0.480 e. The summed E-state index contributed by atoms with van der Waals surface area (Å²) in [5.74, 6) is -0.645. The maximum Gasteiger partial charge on any atom is 0.347 e. The van der Waals surface area contributed by atoms with E-state index in [-0.39, 0.29) is 11.5 Å². The molecule has 0 aliphatic carbocycles. The summed E-state index contributed by atoms with van der Waals surface area (Å²) in [6, 6.07) is 3.31. The molecule has 0 fully saturated rings. The van der Waals surface area contributed by atoms with Crippen LogP contribution in [-0.4, -0.2) is 40.5 Å². The maximum absolute atomic E-state index is 11.1. The zero-order chi connectivity index (χ0) is 13.8. The number of carbonyl (C=O) groups is 1. The summed E-state index contributed by atoms with van der Waals surface area (Å²) in [5, 5.41) is 17.3. The molecule has 0 spiro atoms. The number of hydrogen-bond acceptors (Lipinski definition) is 7. The zero-order valence-electron chi connectivity index (χ0n) is 10.3. The van der Waals surface area contributed by atoms with Gasteiger partial charge in [-0.25, -0.2) is 9.78 Å². The summed E-state index contributed by atoms with van der Waals surface area (Å²) in [5.41, 5.74) is 0.878. The second kappa shape index (κ2) is 5.72. The van der Waals surface area contributed by atoms with Gasteiger partial charge in [-0.2, -0.15) is 0 Å². The Balaban J connectivity index is 2.38. The van der Waals surface area contributed by atoms with Crippen LogP contribution < -0.4 is 4.74 Å². The third-order valence-corrected chi connectivity index (χ3v) is 3.35. The number of thiazole rings is 1. The SMILES string of the molecule is COCc1nc(-c2ccc(OC)nn2)sc1C(=O)O. The van der Waals surface area contributed by atoms with Crippen molar-refractivity contribution in [3.63, 3.8) is 0 Å². The van der Waals surface area contributed by atoms with E-state index in [1.165, 1.54) is 14.2 Å². The maximum atomic E-state index is 11.1. The Morgan fingerprint density at radius 1 is 1.37 bits per heavy atom.